The fourth-order valence-electron chi connectivity index (χ4n) is 0.455. The normalized spacial score (nSPS) is 13.4. The molecule has 0 aromatic heterocycles. The Hall–Kier alpha value is -0.430. The van der Waals surface area contributed by atoms with Gasteiger partial charge in [-0.15, -0.1) is 0 Å². The molecule has 0 aromatic carbocycles. The molecule has 13 heavy (non-hydrogen) atoms. The van der Waals surface area contributed by atoms with Crippen molar-refractivity contribution in [3.8, 4) is 0 Å². The molecule has 0 bridgehead atoms. The van der Waals surface area contributed by atoms with Crippen molar-refractivity contribution in [2.45, 2.75) is 19.2 Å². The Morgan fingerprint density at radius 1 is 1.00 bits per heavy atom. The van der Waals surface area contributed by atoms with E-state index in [4.69, 9.17) is 0 Å². The third-order valence-corrected chi connectivity index (χ3v) is 1.05. The fourth-order valence-corrected chi connectivity index (χ4v) is 0.455. The first kappa shape index (κ1) is 12.6. The van der Waals surface area contributed by atoms with E-state index in [-0.39, 0.29) is 13.2 Å². The van der Waals surface area contributed by atoms with Crippen LogP contribution in [0, 0.1) is 0 Å². The Balaban J connectivity index is 3.77. The molecule has 0 aliphatic carbocycles. The van der Waals surface area contributed by atoms with Crippen LogP contribution >= 0.6 is 0 Å². The molecule has 0 amide bonds. The molecule has 2 nitrogen and oxygen atoms in total. The third-order valence-electron chi connectivity index (χ3n) is 1.05. The summed E-state index contributed by atoms with van der Waals surface area (Å²) in [7, 11) is 0. The molecule has 7 heteroatoms. The molecule has 0 N–H and O–H groups in total. The zero-order chi connectivity index (χ0) is 10.5. The van der Waals surface area contributed by atoms with Gasteiger partial charge in [-0.3, -0.25) is 0 Å². The average molecular weight is 208 g/mol. The van der Waals surface area contributed by atoms with Crippen LogP contribution in [-0.2, 0) is 9.47 Å². The lowest BCUT2D eigenvalue weighted by Crippen LogP contribution is -2.39. The molecule has 0 spiro atoms. The molecule has 0 aromatic rings. The van der Waals surface area contributed by atoms with Gasteiger partial charge in [0.25, 0.3) is 0 Å². The van der Waals surface area contributed by atoms with E-state index in [1.807, 2.05) is 0 Å². The van der Waals surface area contributed by atoms with E-state index in [1.54, 1.807) is 6.92 Å². The Morgan fingerprint density at radius 2 is 1.54 bits per heavy atom. The van der Waals surface area contributed by atoms with Crippen LogP contribution in [0.5, 0.6) is 0 Å². The summed E-state index contributed by atoms with van der Waals surface area (Å²) in [6.07, 6.45) is -10.8. The third kappa shape index (κ3) is 4.37. The summed E-state index contributed by atoms with van der Waals surface area (Å²) in [6.45, 7) is 0.741. The molecule has 0 saturated heterocycles. The lowest BCUT2D eigenvalue weighted by Gasteiger charge is -2.19. The fraction of sp³-hybridized carbons (Fsp3) is 1.00. The van der Waals surface area contributed by atoms with Crippen LogP contribution in [0.3, 0.4) is 0 Å². The van der Waals surface area contributed by atoms with Crippen molar-refractivity contribution < 1.29 is 31.4 Å². The summed E-state index contributed by atoms with van der Waals surface area (Å²) >= 11 is 0. The molecule has 0 atom stereocenters. The van der Waals surface area contributed by atoms with Gasteiger partial charge in [-0.1, -0.05) is 0 Å². The van der Waals surface area contributed by atoms with Gasteiger partial charge in [-0.25, -0.2) is 0 Å². The van der Waals surface area contributed by atoms with E-state index >= 15 is 0 Å². The number of ether oxygens (including phenoxy) is 2. The summed E-state index contributed by atoms with van der Waals surface area (Å²) in [4.78, 5) is 0. The van der Waals surface area contributed by atoms with Crippen molar-refractivity contribution >= 4 is 0 Å². The van der Waals surface area contributed by atoms with Crippen molar-refractivity contribution in [1.82, 2.24) is 0 Å². The first-order chi connectivity index (χ1) is 5.81. The van der Waals surface area contributed by atoms with Gasteiger partial charge in [0.05, 0.1) is 13.2 Å². The van der Waals surface area contributed by atoms with Gasteiger partial charge in [-0.2, -0.15) is 22.0 Å². The molecule has 0 unspecified atom stereocenters. The van der Waals surface area contributed by atoms with E-state index < -0.39 is 18.9 Å². The Kier molecular flexibility index (Phi) is 4.55. The molecule has 0 aliphatic rings. The van der Waals surface area contributed by atoms with Gasteiger partial charge in [0.1, 0.15) is 0 Å². The van der Waals surface area contributed by atoms with E-state index in [1.165, 1.54) is 0 Å². The summed E-state index contributed by atoms with van der Waals surface area (Å²) < 4.78 is 66.0. The van der Waals surface area contributed by atoms with E-state index in [2.05, 4.69) is 9.47 Å². The number of rotatable bonds is 5. The standard InChI is InChI=1S/C6H9F5O2/c1-2-12-3-4-13-6(10,11)5(7,8)9/h2-4H2,1H3. The van der Waals surface area contributed by atoms with Crippen LogP contribution in [0.4, 0.5) is 22.0 Å². The van der Waals surface area contributed by atoms with Gasteiger partial charge in [0, 0.05) is 6.61 Å². The highest BCUT2D eigenvalue weighted by Gasteiger charge is 2.59. The molecule has 0 heterocycles. The first-order valence-electron chi connectivity index (χ1n) is 3.47. The average Bonchev–Trinajstić information content (AvgIpc) is 1.96. The highest BCUT2D eigenvalue weighted by Crippen LogP contribution is 2.35. The summed E-state index contributed by atoms with van der Waals surface area (Å²) in [6, 6.07) is 0. The quantitative estimate of drug-likeness (QED) is 0.509. The second kappa shape index (κ2) is 4.71. The SMILES string of the molecule is CCOCCOC(F)(F)C(F)(F)F. The van der Waals surface area contributed by atoms with Gasteiger partial charge in [0.2, 0.25) is 0 Å². The monoisotopic (exact) mass is 208 g/mol. The lowest BCUT2D eigenvalue weighted by molar-refractivity contribution is -0.392. The number of hydrogen-bond acceptors (Lipinski definition) is 2. The van der Waals surface area contributed by atoms with Crippen molar-refractivity contribution in [3.63, 3.8) is 0 Å². The number of halogens is 5. The van der Waals surface area contributed by atoms with Crippen molar-refractivity contribution in [3.05, 3.63) is 0 Å². The van der Waals surface area contributed by atoms with Crippen LogP contribution in [-0.4, -0.2) is 32.1 Å². The Bertz CT molecular complexity index is 144. The van der Waals surface area contributed by atoms with Crippen molar-refractivity contribution in [1.29, 1.82) is 0 Å². The molecular formula is C6H9F5O2. The molecule has 0 saturated carbocycles. The van der Waals surface area contributed by atoms with Crippen LogP contribution < -0.4 is 0 Å². The highest BCUT2D eigenvalue weighted by molar-refractivity contribution is 4.63. The van der Waals surface area contributed by atoms with Crippen molar-refractivity contribution in [2.24, 2.45) is 0 Å². The molecule has 0 radical (unpaired) electrons. The van der Waals surface area contributed by atoms with Gasteiger partial charge in [-0.05, 0) is 6.92 Å². The number of hydrogen-bond donors (Lipinski definition) is 0. The lowest BCUT2D eigenvalue weighted by atomic mass is 10.6. The van der Waals surface area contributed by atoms with Gasteiger partial charge in [0.15, 0.2) is 0 Å². The zero-order valence-electron chi connectivity index (χ0n) is 6.83. The van der Waals surface area contributed by atoms with Crippen LogP contribution in [0.15, 0.2) is 0 Å². The molecule has 80 valence electrons. The predicted octanol–water partition coefficient (Wildman–Crippen LogP) is 2.19. The summed E-state index contributed by atoms with van der Waals surface area (Å²) in [5.41, 5.74) is 0. The molecule has 0 fully saturated rings. The van der Waals surface area contributed by atoms with E-state index in [9.17, 15) is 22.0 Å². The first-order valence-corrected chi connectivity index (χ1v) is 3.47. The minimum absolute atomic E-state index is 0.237. The summed E-state index contributed by atoms with van der Waals surface area (Å²) in [5.74, 6) is 0. The maximum atomic E-state index is 12.0. The Morgan fingerprint density at radius 3 is 1.92 bits per heavy atom. The minimum atomic E-state index is -5.67. The topological polar surface area (TPSA) is 18.5 Å². The smallest absolute Gasteiger partial charge is 0.379 e. The van der Waals surface area contributed by atoms with Crippen molar-refractivity contribution in [2.75, 3.05) is 19.8 Å². The van der Waals surface area contributed by atoms with Gasteiger partial charge < -0.3 is 9.47 Å². The second-order valence-corrected chi connectivity index (χ2v) is 2.06. The van der Waals surface area contributed by atoms with E-state index in [0.29, 0.717) is 0 Å². The molecular weight excluding hydrogens is 199 g/mol. The van der Waals surface area contributed by atoms with Crippen LogP contribution in [0.25, 0.3) is 0 Å². The van der Waals surface area contributed by atoms with Crippen LogP contribution in [0.1, 0.15) is 6.92 Å². The number of alkyl halides is 5. The maximum Gasteiger partial charge on any atom is 0.482 e. The predicted molar refractivity (Wildman–Crippen MR) is 33.4 cm³/mol. The zero-order valence-corrected chi connectivity index (χ0v) is 6.83. The largest absolute Gasteiger partial charge is 0.482 e. The van der Waals surface area contributed by atoms with Crippen LogP contribution in [0.2, 0.25) is 0 Å². The second-order valence-electron chi connectivity index (χ2n) is 2.06. The highest BCUT2D eigenvalue weighted by atomic mass is 19.4. The maximum absolute atomic E-state index is 12.0. The summed E-state index contributed by atoms with van der Waals surface area (Å²) in [5, 5.41) is 0. The minimum Gasteiger partial charge on any atom is -0.379 e. The molecule has 0 rings (SSSR count). The molecule has 0 aliphatic heterocycles. The van der Waals surface area contributed by atoms with E-state index in [0.717, 1.165) is 0 Å². The Labute approximate surface area is 71.6 Å². The van der Waals surface area contributed by atoms with Gasteiger partial charge >= 0.3 is 12.3 Å².